The van der Waals surface area contributed by atoms with Crippen molar-refractivity contribution in [2.45, 2.75) is 68.9 Å². The average Bonchev–Trinajstić information content (AvgIpc) is 3.63. The Morgan fingerprint density at radius 1 is 1.06 bits per heavy atom. The molecule has 1 aromatic heterocycles. The topological polar surface area (TPSA) is 110 Å². The Morgan fingerprint density at radius 2 is 1.83 bits per heavy atom. The van der Waals surface area contributed by atoms with Crippen molar-refractivity contribution in [2.75, 3.05) is 60.0 Å². The fraction of sp³-hybridized carbons (Fsp3) is 0.541. The molecule has 2 aromatic carbocycles. The second-order valence-electron chi connectivity index (χ2n) is 13.8. The van der Waals surface area contributed by atoms with Crippen LogP contribution >= 0.6 is 0 Å². The van der Waals surface area contributed by atoms with Crippen molar-refractivity contribution in [1.29, 1.82) is 0 Å². The van der Waals surface area contributed by atoms with Crippen molar-refractivity contribution in [1.82, 2.24) is 30.3 Å². The number of hydrogen-bond donors (Lipinski definition) is 3. The zero-order valence-corrected chi connectivity index (χ0v) is 28.1. The van der Waals surface area contributed by atoms with Crippen molar-refractivity contribution in [3.63, 3.8) is 0 Å². The lowest BCUT2D eigenvalue weighted by Crippen LogP contribution is -2.57. The summed E-state index contributed by atoms with van der Waals surface area (Å²) in [6, 6.07) is 15.4. The number of H-pyrrole nitrogens is 1. The van der Waals surface area contributed by atoms with Crippen molar-refractivity contribution >= 4 is 28.7 Å². The molecule has 3 heterocycles. The van der Waals surface area contributed by atoms with Crippen LogP contribution in [-0.4, -0.2) is 110 Å². The maximum Gasteiger partial charge on any atom is 0.315 e. The zero-order valence-electron chi connectivity index (χ0n) is 28.1. The van der Waals surface area contributed by atoms with Crippen LogP contribution in [0, 0.1) is 0 Å². The lowest BCUT2D eigenvalue weighted by molar-refractivity contribution is -0.135. The molecule has 3 N–H and O–H groups in total. The molecule has 2 saturated heterocycles. The third-order valence-electron chi connectivity index (χ3n) is 10.6. The van der Waals surface area contributed by atoms with E-state index in [0.717, 1.165) is 73.8 Å². The third kappa shape index (κ3) is 7.18. The van der Waals surface area contributed by atoms with Gasteiger partial charge in [-0.05, 0) is 68.3 Å². The Labute approximate surface area is 278 Å². The van der Waals surface area contributed by atoms with E-state index in [9.17, 15) is 14.4 Å². The highest BCUT2D eigenvalue weighted by Crippen LogP contribution is 2.52. The van der Waals surface area contributed by atoms with Gasteiger partial charge in [0.2, 0.25) is 11.8 Å². The van der Waals surface area contributed by atoms with Gasteiger partial charge in [0, 0.05) is 81.9 Å². The molecule has 1 aliphatic carbocycles. The van der Waals surface area contributed by atoms with E-state index in [-0.39, 0.29) is 35.2 Å². The van der Waals surface area contributed by atoms with Gasteiger partial charge in [0.25, 0.3) is 0 Å². The average molecular weight is 643 g/mol. The first-order chi connectivity index (χ1) is 22.8. The molecule has 0 saturated carbocycles. The summed E-state index contributed by atoms with van der Waals surface area (Å²) in [4.78, 5) is 50.2. The minimum Gasteiger partial charge on any atom is -0.380 e. The molecule has 0 unspecified atom stereocenters. The van der Waals surface area contributed by atoms with Crippen molar-refractivity contribution in [3.8, 4) is 0 Å². The Bertz CT molecular complexity index is 1560. The normalized spacial score (nSPS) is 21.4. The van der Waals surface area contributed by atoms with Crippen LogP contribution in [0.15, 0.2) is 54.7 Å². The first-order valence-electron chi connectivity index (χ1n) is 17.3. The minimum atomic E-state index is -0.708. The van der Waals surface area contributed by atoms with Crippen LogP contribution in [0.5, 0.6) is 0 Å². The maximum absolute atomic E-state index is 14.3. The molecule has 6 rings (SSSR count). The zero-order chi connectivity index (χ0) is 33.0. The van der Waals surface area contributed by atoms with E-state index in [1.54, 1.807) is 4.90 Å². The maximum atomic E-state index is 14.3. The summed E-state index contributed by atoms with van der Waals surface area (Å²) in [6.45, 7) is 7.17. The summed E-state index contributed by atoms with van der Waals surface area (Å²) < 4.78 is 5.54. The van der Waals surface area contributed by atoms with E-state index in [4.69, 9.17) is 4.74 Å². The van der Waals surface area contributed by atoms with Gasteiger partial charge in [-0.15, -0.1) is 0 Å². The summed E-state index contributed by atoms with van der Waals surface area (Å²) in [6.07, 6.45) is 6.61. The molecule has 10 nitrogen and oxygen atoms in total. The molecule has 0 bridgehead atoms. The van der Waals surface area contributed by atoms with Crippen LogP contribution in [0.25, 0.3) is 10.9 Å². The summed E-state index contributed by atoms with van der Waals surface area (Å²) in [5.74, 6) is -0.0787. The number of hydrogen-bond acceptors (Lipinski definition) is 5. The van der Waals surface area contributed by atoms with Gasteiger partial charge >= 0.3 is 6.03 Å². The smallest absolute Gasteiger partial charge is 0.315 e. The second kappa shape index (κ2) is 14.5. The predicted molar refractivity (Wildman–Crippen MR) is 183 cm³/mol. The molecule has 3 aliphatic rings. The van der Waals surface area contributed by atoms with E-state index in [0.29, 0.717) is 32.7 Å². The van der Waals surface area contributed by atoms with E-state index in [1.165, 1.54) is 5.56 Å². The van der Waals surface area contributed by atoms with E-state index < -0.39 is 6.04 Å². The number of aromatic nitrogens is 1. The number of benzene rings is 2. The van der Waals surface area contributed by atoms with Gasteiger partial charge in [-0.2, -0.15) is 0 Å². The molecule has 252 valence electrons. The van der Waals surface area contributed by atoms with Crippen molar-refractivity contribution < 1.29 is 19.1 Å². The SMILES string of the molecule is CCOCCN1CCC[C@H](NC(=O)N[C@H](Cc2c[nH]c3ccccc23)C(=O)N2CCC3(CC2)C[C@@H](C(=O)N(C)C)c2ccccc23)C1. The minimum absolute atomic E-state index is 0.0179. The Kier molecular flexibility index (Phi) is 10.2. The van der Waals surface area contributed by atoms with Crippen LogP contribution in [-0.2, 0) is 26.2 Å². The number of likely N-dealkylation sites (N-methyl/N-ethyl adjacent to an activating group) is 1. The van der Waals surface area contributed by atoms with Crippen LogP contribution in [0.3, 0.4) is 0 Å². The van der Waals surface area contributed by atoms with Crippen molar-refractivity contribution in [3.05, 3.63) is 71.4 Å². The largest absolute Gasteiger partial charge is 0.380 e. The molecule has 4 amide bonds. The molecule has 1 spiro atoms. The summed E-state index contributed by atoms with van der Waals surface area (Å²) in [5, 5.41) is 7.32. The number of nitrogens with zero attached hydrogens (tertiary/aromatic N) is 3. The summed E-state index contributed by atoms with van der Waals surface area (Å²) >= 11 is 0. The third-order valence-corrected chi connectivity index (χ3v) is 10.6. The van der Waals surface area contributed by atoms with Gasteiger partial charge in [0.15, 0.2) is 0 Å². The number of carbonyl (C=O) groups excluding carboxylic acids is 3. The van der Waals surface area contributed by atoms with Crippen LogP contribution < -0.4 is 10.6 Å². The molecule has 10 heteroatoms. The van der Waals surface area contributed by atoms with Crippen molar-refractivity contribution in [2.24, 2.45) is 0 Å². The van der Waals surface area contributed by atoms with Gasteiger partial charge in [0.1, 0.15) is 6.04 Å². The second-order valence-corrected chi connectivity index (χ2v) is 13.8. The number of rotatable bonds is 10. The summed E-state index contributed by atoms with van der Waals surface area (Å²) in [7, 11) is 3.64. The quantitative estimate of drug-likeness (QED) is 0.290. The molecule has 3 aromatic rings. The number of fused-ring (bicyclic) bond motifs is 3. The molecular formula is C37H50N6O4. The number of nitrogens with one attached hydrogen (secondary N) is 3. The number of piperidine rings is 2. The van der Waals surface area contributed by atoms with E-state index in [1.807, 2.05) is 56.4 Å². The van der Waals surface area contributed by atoms with Gasteiger partial charge in [-0.1, -0.05) is 42.5 Å². The molecule has 2 fully saturated rings. The number of para-hydroxylation sites is 1. The molecule has 3 atom stereocenters. The lowest BCUT2D eigenvalue weighted by atomic mass is 9.73. The predicted octanol–water partition coefficient (Wildman–Crippen LogP) is 4.02. The number of likely N-dealkylation sites (tertiary alicyclic amines) is 2. The molecule has 0 radical (unpaired) electrons. The first kappa shape index (κ1) is 33.0. The number of carbonyl (C=O) groups is 3. The number of urea groups is 1. The van der Waals surface area contributed by atoms with Gasteiger partial charge in [0.05, 0.1) is 12.5 Å². The van der Waals surface area contributed by atoms with Gasteiger partial charge in [-0.3, -0.25) is 14.5 Å². The highest BCUT2D eigenvalue weighted by atomic mass is 16.5. The molecule has 2 aliphatic heterocycles. The highest BCUT2D eigenvalue weighted by molar-refractivity contribution is 5.90. The van der Waals surface area contributed by atoms with Gasteiger partial charge in [-0.25, -0.2) is 4.79 Å². The van der Waals surface area contributed by atoms with Crippen LogP contribution in [0.1, 0.15) is 61.6 Å². The van der Waals surface area contributed by atoms with E-state index in [2.05, 4.69) is 44.8 Å². The van der Waals surface area contributed by atoms with Crippen LogP contribution in [0.2, 0.25) is 0 Å². The Balaban J connectivity index is 1.15. The molecular weight excluding hydrogens is 592 g/mol. The molecule has 47 heavy (non-hydrogen) atoms. The number of aromatic amines is 1. The first-order valence-corrected chi connectivity index (χ1v) is 17.3. The summed E-state index contributed by atoms with van der Waals surface area (Å²) in [5.41, 5.74) is 4.26. The lowest BCUT2D eigenvalue weighted by Gasteiger charge is -2.41. The Hall–Kier alpha value is -3.89. The fourth-order valence-electron chi connectivity index (χ4n) is 8.10. The fourth-order valence-corrected chi connectivity index (χ4v) is 8.10. The Morgan fingerprint density at radius 3 is 2.62 bits per heavy atom. The number of ether oxygens (including phenoxy) is 1. The van der Waals surface area contributed by atoms with Gasteiger partial charge < -0.3 is 30.2 Å². The number of amides is 4. The highest BCUT2D eigenvalue weighted by Gasteiger charge is 2.48. The van der Waals surface area contributed by atoms with E-state index >= 15 is 0 Å². The monoisotopic (exact) mass is 642 g/mol. The van der Waals surface area contributed by atoms with Crippen LogP contribution in [0.4, 0.5) is 4.79 Å². The standard InChI is InChI=1S/C37H50N6O4/c1-4-47-21-20-42-17-9-10-27(25-42)39-36(46)40-33(22-26-24-38-32-14-8-6-11-28(26)32)35(45)43-18-15-37(16-19-43)23-30(34(44)41(2)3)29-12-5-7-13-31(29)37/h5-8,11-14,24,27,30,33,38H,4,9-10,15-23,25H2,1-3H3,(H2,39,40,46)/t27-,30+,33+/m0/s1.